The highest BCUT2D eigenvalue weighted by Crippen LogP contribution is 2.47. The van der Waals surface area contributed by atoms with Gasteiger partial charge in [-0.25, -0.2) is 0 Å². The zero-order chi connectivity index (χ0) is 17.3. The number of benzene rings is 1. The number of carboxylic acid groups (broad SMARTS) is 1. The van der Waals surface area contributed by atoms with Crippen molar-refractivity contribution < 1.29 is 24.2 Å². The first-order valence-corrected chi connectivity index (χ1v) is 7.94. The van der Waals surface area contributed by atoms with Gasteiger partial charge in [0.2, 0.25) is 5.91 Å². The Morgan fingerprint density at radius 3 is 2.25 bits per heavy atom. The van der Waals surface area contributed by atoms with Gasteiger partial charge in [-0.1, -0.05) is 6.07 Å². The molecule has 128 valence electrons. The minimum Gasteiger partial charge on any atom is -0.497 e. The van der Waals surface area contributed by atoms with Crippen LogP contribution in [0.25, 0.3) is 0 Å². The summed E-state index contributed by atoms with van der Waals surface area (Å²) in [4.78, 5) is 39.4. The molecule has 1 heterocycles. The molecule has 1 aliphatic heterocycles. The number of piperazine rings is 1. The summed E-state index contributed by atoms with van der Waals surface area (Å²) >= 11 is 0. The molecule has 0 bridgehead atoms. The molecule has 0 unspecified atom stereocenters. The average Bonchev–Trinajstić information content (AvgIpc) is 3.43. The Kier molecular flexibility index (Phi) is 4.17. The van der Waals surface area contributed by atoms with Crippen molar-refractivity contribution in [1.82, 2.24) is 9.80 Å². The van der Waals surface area contributed by atoms with Crippen molar-refractivity contribution in [3.05, 3.63) is 29.8 Å². The molecule has 2 fully saturated rings. The summed E-state index contributed by atoms with van der Waals surface area (Å²) in [6.45, 7) is 1.53. The first-order chi connectivity index (χ1) is 11.5. The normalized spacial score (nSPS) is 18.9. The molecule has 1 saturated heterocycles. The lowest BCUT2D eigenvalue weighted by molar-refractivity contribution is -0.154. The second-order valence-electron chi connectivity index (χ2n) is 6.20. The molecule has 0 spiro atoms. The maximum atomic E-state index is 12.5. The van der Waals surface area contributed by atoms with Crippen LogP contribution in [-0.4, -0.2) is 66.0 Å². The van der Waals surface area contributed by atoms with E-state index in [1.165, 1.54) is 0 Å². The monoisotopic (exact) mass is 332 g/mol. The van der Waals surface area contributed by atoms with Gasteiger partial charge in [-0.2, -0.15) is 0 Å². The highest BCUT2D eigenvalue weighted by Gasteiger charge is 2.58. The van der Waals surface area contributed by atoms with Gasteiger partial charge in [0.1, 0.15) is 11.2 Å². The summed E-state index contributed by atoms with van der Waals surface area (Å²) in [6, 6.07) is 6.94. The summed E-state index contributed by atoms with van der Waals surface area (Å²) < 4.78 is 5.13. The van der Waals surface area contributed by atoms with Crippen LogP contribution < -0.4 is 4.74 Å². The van der Waals surface area contributed by atoms with Gasteiger partial charge >= 0.3 is 5.97 Å². The average molecular weight is 332 g/mol. The van der Waals surface area contributed by atoms with Gasteiger partial charge in [0, 0.05) is 31.7 Å². The topological polar surface area (TPSA) is 87.2 Å². The fraction of sp³-hybridized carbons (Fsp3) is 0.471. The van der Waals surface area contributed by atoms with Crippen LogP contribution in [0.15, 0.2) is 24.3 Å². The van der Waals surface area contributed by atoms with Crippen LogP contribution in [-0.2, 0) is 9.59 Å². The number of carboxylic acids is 1. The SMILES string of the molecule is COc1cccc(C(=O)N2CCN(C(=O)C3(C(=O)O)CC3)CC2)c1. The quantitative estimate of drug-likeness (QED) is 0.826. The fourth-order valence-corrected chi connectivity index (χ4v) is 3.00. The summed E-state index contributed by atoms with van der Waals surface area (Å²) in [6.07, 6.45) is 0.814. The number of amides is 2. The summed E-state index contributed by atoms with van der Waals surface area (Å²) in [7, 11) is 1.55. The molecule has 0 aromatic heterocycles. The predicted molar refractivity (Wildman–Crippen MR) is 84.8 cm³/mol. The van der Waals surface area contributed by atoms with E-state index in [2.05, 4.69) is 0 Å². The van der Waals surface area contributed by atoms with E-state index in [0.717, 1.165) is 0 Å². The minimum absolute atomic E-state index is 0.111. The molecule has 1 aromatic carbocycles. The largest absolute Gasteiger partial charge is 0.497 e. The molecular formula is C17H20N2O5. The zero-order valence-corrected chi connectivity index (χ0v) is 13.5. The zero-order valence-electron chi connectivity index (χ0n) is 13.5. The molecular weight excluding hydrogens is 312 g/mol. The molecule has 24 heavy (non-hydrogen) atoms. The highest BCUT2D eigenvalue weighted by molar-refractivity contribution is 6.05. The van der Waals surface area contributed by atoms with Gasteiger partial charge < -0.3 is 19.6 Å². The van der Waals surface area contributed by atoms with Crippen LogP contribution in [0, 0.1) is 5.41 Å². The van der Waals surface area contributed by atoms with Crippen LogP contribution in [0.1, 0.15) is 23.2 Å². The first kappa shape index (κ1) is 16.3. The Labute approximate surface area is 139 Å². The molecule has 2 amide bonds. The van der Waals surface area contributed by atoms with Crippen molar-refractivity contribution in [3.63, 3.8) is 0 Å². The molecule has 7 heteroatoms. The predicted octanol–water partition coefficient (Wildman–Crippen LogP) is 0.844. The van der Waals surface area contributed by atoms with E-state index in [4.69, 9.17) is 4.74 Å². The van der Waals surface area contributed by atoms with E-state index in [0.29, 0.717) is 50.3 Å². The lowest BCUT2D eigenvalue weighted by atomic mass is 10.1. The van der Waals surface area contributed by atoms with E-state index in [1.54, 1.807) is 41.2 Å². The second kappa shape index (κ2) is 6.14. The molecule has 1 saturated carbocycles. The Hall–Kier alpha value is -2.57. The molecule has 1 aromatic rings. The lowest BCUT2D eigenvalue weighted by Gasteiger charge is -2.36. The van der Waals surface area contributed by atoms with Crippen molar-refractivity contribution in [2.45, 2.75) is 12.8 Å². The van der Waals surface area contributed by atoms with E-state index in [-0.39, 0.29) is 11.8 Å². The van der Waals surface area contributed by atoms with Crippen LogP contribution in [0.5, 0.6) is 5.75 Å². The van der Waals surface area contributed by atoms with Gasteiger partial charge in [-0.05, 0) is 31.0 Å². The fourth-order valence-electron chi connectivity index (χ4n) is 3.00. The van der Waals surface area contributed by atoms with Gasteiger partial charge in [-0.3, -0.25) is 14.4 Å². The minimum atomic E-state index is -1.21. The number of rotatable bonds is 4. The molecule has 2 aliphatic rings. The summed E-state index contributed by atoms with van der Waals surface area (Å²) in [5.41, 5.74) is -0.669. The molecule has 7 nitrogen and oxygen atoms in total. The summed E-state index contributed by atoms with van der Waals surface area (Å²) in [5, 5.41) is 9.22. The van der Waals surface area contributed by atoms with Gasteiger partial charge in [0.25, 0.3) is 5.91 Å². The van der Waals surface area contributed by atoms with Crippen LogP contribution in [0.3, 0.4) is 0 Å². The molecule has 1 N–H and O–H groups in total. The van der Waals surface area contributed by atoms with Crippen LogP contribution in [0.2, 0.25) is 0 Å². The Balaban J connectivity index is 1.61. The van der Waals surface area contributed by atoms with E-state index in [9.17, 15) is 19.5 Å². The summed E-state index contributed by atoms with van der Waals surface area (Å²) in [5.74, 6) is -0.849. The number of hydrogen-bond acceptors (Lipinski definition) is 4. The smallest absolute Gasteiger partial charge is 0.319 e. The van der Waals surface area contributed by atoms with Gasteiger partial charge in [-0.15, -0.1) is 0 Å². The molecule has 0 radical (unpaired) electrons. The van der Waals surface area contributed by atoms with Crippen molar-refractivity contribution in [1.29, 1.82) is 0 Å². The third-order valence-electron chi connectivity index (χ3n) is 4.74. The number of methoxy groups -OCH3 is 1. The van der Waals surface area contributed by atoms with Crippen molar-refractivity contribution in [3.8, 4) is 5.75 Å². The maximum absolute atomic E-state index is 12.5. The van der Waals surface area contributed by atoms with Crippen molar-refractivity contribution >= 4 is 17.8 Å². The van der Waals surface area contributed by atoms with Crippen LogP contribution >= 0.6 is 0 Å². The lowest BCUT2D eigenvalue weighted by Crippen LogP contribution is -2.53. The number of aliphatic carboxylic acids is 1. The number of hydrogen-bond donors (Lipinski definition) is 1. The van der Waals surface area contributed by atoms with E-state index >= 15 is 0 Å². The Morgan fingerprint density at radius 2 is 1.71 bits per heavy atom. The first-order valence-electron chi connectivity index (χ1n) is 7.94. The number of nitrogens with zero attached hydrogens (tertiary/aromatic N) is 2. The molecule has 0 atom stereocenters. The number of carbonyl (C=O) groups is 3. The molecule has 3 rings (SSSR count). The van der Waals surface area contributed by atoms with E-state index < -0.39 is 11.4 Å². The third kappa shape index (κ3) is 2.81. The molecule has 1 aliphatic carbocycles. The van der Waals surface area contributed by atoms with Crippen LogP contribution in [0.4, 0.5) is 0 Å². The number of ether oxygens (including phenoxy) is 1. The van der Waals surface area contributed by atoms with Crippen molar-refractivity contribution in [2.24, 2.45) is 5.41 Å². The standard InChI is InChI=1S/C17H20N2O5/c1-24-13-4-2-3-12(11-13)14(20)18-7-9-19(10-8-18)15(21)17(5-6-17)16(22)23/h2-4,11H,5-10H2,1H3,(H,22,23). The van der Waals surface area contributed by atoms with E-state index in [1.807, 2.05) is 0 Å². The third-order valence-corrected chi connectivity index (χ3v) is 4.74. The number of carbonyl (C=O) groups excluding carboxylic acids is 2. The Bertz CT molecular complexity index is 675. The highest BCUT2D eigenvalue weighted by atomic mass is 16.5. The van der Waals surface area contributed by atoms with Gasteiger partial charge in [0.05, 0.1) is 7.11 Å². The Morgan fingerprint density at radius 1 is 1.08 bits per heavy atom. The maximum Gasteiger partial charge on any atom is 0.319 e. The van der Waals surface area contributed by atoms with Gasteiger partial charge in [0.15, 0.2) is 0 Å². The second-order valence-corrected chi connectivity index (χ2v) is 6.20. The van der Waals surface area contributed by atoms with Crippen molar-refractivity contribution in [2.75, 3.05) is 33.3 Å².